The van der Waals surface area contributed by atoms with Crippen LogP contribution in [0.25, 0.3) is 0 Å². The molecule has 0 radical (unpaired) electrons. The van der Waals surface area contributed by atoms with E-state index < -0.39 is 30.2 Å². The Morgan fingerprint density at radius 3 is 2.11 bits per heavy atom. The van der Waals surface area contributed by atoms with E-state index in [1.54, 1.807) is 12.1 Å². The number of rotatable bonds is 12. The number of carbonyl (C=O) groups is 4. The Labute approximate surface area is 203 Å². The van der Waals surface area contributed by atoms with E-state index in [4.69, 9.17) is 18.9 Å². The smallest absolute Gasteiger partial charge is 0.339 e. The van der Waals surface area contributed by atoms with Gasteiger partial charge in [0, 0.05) is 12.1 Å². The number of urea groups is 1. The van der Waals surface area contributed by atoms with E-state index in [-0.39, 0.29) is 17.0 Å². The summed E-state index contributed by atoms with van der Waals surface area (Å²) in [5.74, 6) is -1.23. The van der Waals surface area contributed by atoms with Crippen molar-refractivity contribution in [1.82, 2.24) is 4.90 Å². The summed E-state index contributed by atoms with van der Waals surface area (Å²) in [5.41, 5.74) is 0.285. The van der Waals surface area contributed by atoms with Crippen LogP contribution in [0, 0.1) is 0 Å². The fourth-order valence-electron chi connectivity index (χ4n) is 3.42. The minimum Gasteiger partial charge on any atom is -0.497 e. The number of Topliss-reactive ketones (excluding diaryl/α,β-unsaturated/α-hetero) is 1. The first-order valence-corrected chi connectivity index (χ1v) is 11.2. The number of imide groups is 2. The van der Waals surface area contributed by atoms with Crippen LogP contribution in [0.2, 0.25) is 0 Å². The minimum atomic E-state index is -1.10. The van der Waals surface area contributed by atoms with Crippen LogP contribution in [0.4, 0.5) is 10.5 Å². The third-order valence-corrected chi connectivity index (χ3v) is 5.17. The quantitative estimate of drug-likeness (QED) is 0.256. The average Bonchev–Trinajstić information content (AvgIpc) is 3.08. The van der Waals surface area contributed by atoms with Gasteiger partial charge >= 0.3 is 17.8 Å². The molecule has 0 spiro atoms. The maximum atomic E-state index is 13.1. The number of ketones is 1. The van der Waals surface area contributed by atoms with Crippen LogP contribution >= 0.6 is 0 Å². The number of carbonyl (C=O) groups excluding carboxylic acids is 4. The van der Waals surface area contributed by atoms with Gasteiger partial charge in [-0.15, -0.1) is 0 Å². The Morgan fingerprint density at radius 2 is 1.49 bits per heavy atom. The lowest BCUT2D eigenvalue weighted by atomic mass is 10.1. The number of amides is 4. The molecule has 0 bridgehead atoms. The molecule has 3 rings (SSSR count). The van der Waals surface area contributed by atoms with E-state index in [0.29, 0.717) is 35.4 Å². The molecule has 2 aromatic carbocycles. The van der Waals surface area contributed by atoms with Gasteiger partial charge in [-0.05, 0) is 37.1 Å². The molecule has 10 nitrogen and oxygen atoms in total. The summed E-state index contributed by atoms with van der Waals surface area (Å²) in [5, 5.41) is 0. The van der Waals surface area contributed by atoms with Crippen molar-refractivity contribution in [2.45, 2.75) is 26.7 Å². The van der Waals surface area contributed by atoms with Gasteiger partial charge in [0.25, 0.3) is 0 Å². The minimum absolute atomic E-state index is 0.139. The highest BCUT2D eigenvalue weighted by Gasteiger charge is 2.46. The third kappa shape index (κ3) is 5.37. The molecule has 10 heteroatoms. The van der Waals surface area contributed by atoms with Gasteiger partial charge in [0.1, 0.15) is 11.5 Å². The van der Waals surface area contributed by atoms with Crippen LogP contribution < -0.4 is 23.8 Å². The summed E-state index contributed by atoms with van der Waals surface area (Å²) >= 11 is 0. The zero-order valence-corrected chi connectivity index (χ0v) is 20.2. The maximum Gasteiger partial charge on any atom is 0.339 e. The molecule has 1 saturated heterocycles. The number of methoxy groups -OCH3 is 2. The molecule has 35 heavy (non-hydrogen) atoms. The second kappa shape index (κ2) is 11.4. The highest BCUT2D eigenvalue weighted by molar-refractivity contribution is 6.53. The van der Waals surface area contributed by atoms with Crippen molar-refractivity contribution in [3.8, 4) is 23.0 Å². The number of hydrogen-bond donors (Lipinski definition) is 0. The van der Waals surface area contributed by atoms with Gasteiger partial charge in [0.2, 0.25) is 0 Å². The van der Waals surface area contributed by atoms with E-state index >= 15 is 0 Å². The topological polar surface area (TPSA) is 112 Å². The molecule has 0 N–H and O–H groups in total. The molecule has 2 aromatic rings. The number of nitrogens with zero attached hydrogens (tertiary/aromatic N) is 2. The largest absolute Gasteiger partial charge is 0.497 e. The Balaban J connectivity index is 1.86. The molecule has 0 atom stereocenters. The van der Waals surface area contributed by atoms with Crippen molar-refractivity contribution in [2.75, 3.05) is 38.9 Å². The van der Waals surface area contributed by atoms with Gasteiger partial charge in [0.05, 0.1) is 45.2 Å². The molecule has 1 fully saturated rings. The predicted octanol–water partition coefficient (Wildman–Crippen LogP) is 3.46. The molecule has 0 aliphatic carbocycles. The summed E-state index contributed by atoms with van der Waals surface area (Å²) in [6.07, 6.45) is 1.52. The lowest BCUT2D eigenvalue weighted by Gasteiger charge is -2.18. The summed E-state index contributed by atoms with van der Waals surface area (Å²) < 4.78 is 21.8. The zero-order valence-electron chi connectivity index (χ0n) is 20.2. The predicted molar refractivity (Wildman–Crippen MR) is 126 cm³/mol. The first kappa shape index (κ1) is 25.5. The van der Waals surface area contributed by atoms with Crippen LogP contribution in [0.5, 0.6) is 23.0 Å². The van der Waals surface area contributed by atoms with E-state index in [0.717, 1.165) is 17.7 Å². The van der Waals surface area contributed by atoms with Gasteiger partial charge in [0.15, 0.2) is 17.3 Å². The van der Waals surface area contributed by atoms with Crippen molar-refractivity contribution >= 4 is 29.3 Å². The first-order chi connectivity index (χ1) is 16.9. The zero-order chi connectivity index (χ0) is 25.5. The number of benzene rings is 2. The summed E-state index contributed by atoms with van der Waals surface area (Å²) in [4.78, 5) is 52.7. The average molecular weight is 485 g/mol. The molecule has 0 unspecified atom stereocenters. The van der Waals surface area contributed by atoms with Crippen LogP contribution in [-0.4, -0.2) is 62.5 Å². The van der Waals surface area contributed by atoms with E-state index in [1.165, 1.54) is 38.5 Å². The standard InChI is InChI=1S/C25H28N2O8/c1-5-11-34-20-10-7-16(13-22(20)35-12-6-2)27-24(30)23(29)26(25(27)31)15-19(28)18-9-8-17(32-3)14-21(18)33-4/h7-10,13-14H,5-6,11-12,15H2,1-4H3. The monoisotopic (exact) mass is 484 g/mol. The van der Waals surface area contributed by atoms with Gasteiger partial charge in [-0.2, -0.15) is 0 Å². The fraction of sp³-hybridized carbons (Fsp3) is 0.360. The lowest BCUT2D eigenvalue weighted by Crippen LogP contribution is -2.37. The second-order valence-electron chi connectivity index (χ2n) is 7.63. The maximum absolute atomic E-state index is 13.1. The van der Waals surface area contributed by atoms with Crippen LogP contribution in [0.1, 0.15) is 37.0 Å². The Bertz CT molecular complexity index is 1130. The van der Waals surface area contributed by atoms with Crippen molar-refractivity contribution < 1.29 is 38.1 Å². The van der Waals surface area contributed by atoms with Gasteiger partial charge < -0.3 is 18.9 Å². The molecular weight excluding hydrogens is 456 g/mol. The first-order valence-electron chi connectivity index (χ1n) is 11.2. The van der Waals surface area contributed by atoms with Crippen molar-refractivity contribution in [3.63, 3.8) is 0 Å². The van der Waals surface area contributed by atoms with E-state index in [1.807, 2.05) is 13.8 Å². The van der Waals surface area contributed by atoms with Crippen molar-refractivity contribution in [1.29, 1.82) is 0 Å². The van der Waals surface area contributed by atoms with Crippen LogP contribution in [-0.2, 0) is 9.59 Å². The van der Waals surface area contributed by atoms with Crippen molar-refractivity contribution in [3.05, 3.63) is 42.0 Å². The van der Waals surface area contributed by atoms with Crippen LogP contribution in [0.3, 0.4) is 0 Å². The number of anilines is 1. The molecule has 186 valence electrons. The molecule has 4 amide bonds. The highest BCUT2D eigenvalue weighted by atomic mass is 16.5. The Morgan fingerprint density at radius 1 is 0.800 bits per heavy atom. The van der Waals surface area contributed by atoms with Gasteiger partial charge in [-0.1, -0.05) is 13.8 Å². The summed E-state index contributed by atoms with van der Waals surface area (Å²) in [6, 6.07) is 8.16. The molecule has 0 aromatic heterocycles. The van der Waals surface area contributed by atoms with Crippen molar-refractivity contribution in [2.24, 2.45) is 0 Å². The molecule has 1 aliphatic rings. The second-order valence-corrected chi connectivity index (χ2v) is 7.63. The van der Waals surface area contributed by atoms with Crippen LogP contribution in [0.15, 0.2) is 36.4 Å². The lowest BCUT2D eigenvalue weighted by molar-refractivity contribution is -0.139. The molecular formula is C25H28N2O8. The fourth-order valence-corrected chi connectivity index (χ4v) is 3.42. The van der Waals surface area contributed by atoms with E-state index in [2.05, 4.69) is 0 Å². The molecule has 1 aliphatic heterocycles. The Kier molecular flexibility index (Phi) is 8.30. The summed E-state index contributed by atoms with van der Waals surface area (Å²) in [6.45, 7) is 4.14. The third-order valence-electron chi connectivity index (χ3n) is 5.17. The van der Waals surface area contributed by atoms with Gasteiger partial charge in [-0.25, -0.2) is 14.6 Å². The normalized spacial score (nSPS) is 13.3. The highest BCUT2D eigenvalue weighted by Crippen LogP contribution is 2.34. The number of hydrogen-bond acceptors (Lipinski definition) is 8. The van der Waals surface area contributed by atoms with E-state index in [9.17, 15) is 19.2 Å². The molecule has 1 heterocycles. The summed E-state index contributed by atoms with van der Waals surface area (Å²) in [7, 11) is 2.86. The SMILES string of the molecule is CCCOc1ccc(N2C(=O)C(=O)N(CC(=O)c3ccc(OC)cc3OC)C2=O)cc1OCCC. The Hall–Kier alpha value is -4.08. The molecule has 0 saturated carbocycles. The van der Waals surface area contributed by atoms with Gasteiger partial charge in [-0.3, -0.25) is 14.4 Å². The number of ether oxygens (including phenoxy) is 4.